The van der Waals surface area contributed by atoms with Crippen molar-refractivity contribution >= 4 is 45.1 Å². The van der Waals surface area contributed by atoms with Crippen LogP contribution in [-0.2, 0) is 14.2 Å². The fourth-order valence-corrected chi connectivity index (χ4v) is 4.41. The van der Waals surface area contributed by atoms with Crippen LogP contribution >= 0.6 is 15.9 Å². The van der Waals surface area contributed by atoms with Crippen LogP contribution in [0.1, 0.15) is 38.1 Å². The van der Waals surface area contributed by atoms with E-state index < -0.39 is 11.6 Å². The van der Waals surface area contributed by atoms with E-state index in [0.29, 0.717) is 60.1 Å². The fraction of sp³-hybridized carbons (Fsp3) is 0.571. The topological polar surface area (TPSA) is 94.3 Å². The van der Waals surface area contributed by atoms with Gasteiger partial charge >= 0.3 is 12.1 Å². The first-order valence-corrected chi connectivity index (χ1v) is 11.1. The molecule has 1 aromatic heterocycles. The van der Waals surface area contributed by atoms with Crippen molar-refractivity contribution in [1.29, 1.82) is 0 Å². The number of nitrogens with zero attached hydrogens (tertiary/aromatic N) is 3. The summed E-state index contributed by atoms with van der Waals surface area (Å²) < 4.78 is 23.0. The zero-order valence-electron chi connectivity index (χ0n) is 18.0. The number of rotatable bonds is 3. The molecule has 0 aliphatic carbocycles. The van der Waals surface area contributed by atoms with Crippen LogP contribution in [0.4, 0.5) is 10.8 Å². The van der Waals surface area contributed by atoms with Crippen molar-refractivity contribution < 1.29 is 28.2 Å². The summed E-state index contributed by atoms with van der Waals surface area (Å²) in [4.78, 5) is 33.2. The standard InChI is InChI=1S/C21H26BrN3O6/c1-5-29-18(26)12-6-15(22)17-16(7-12)23-19(30-17)24-8-13-10-28-11-14(9-24)25(13)20(27)31-21(2,3)4/h6-7,13-14H,5,8-11H2,1-4H3. The van der Waals surface area contributed by atoms with E-state index in [1.54, 1.807) is 24.0 Å². The number of fused-ring (bicyclic) bond motifs is 3. The van der Waals surface area contributed by atoms with Gasteiger partial charge in [0.25, 0.3) is 6.01 Å². The van der Waals surface area contributed by atoms with Gasteiger partial charge in [-0.3, -0.25) is 4.90 Å². The molecule has 0 radical (unpaired) electrons. The summed E-state index contributed by atoms with van der Waals surface area (Å²) in [6.07, 6.45) is -0.329. The molecule has 2 fully saturated rings. The van der Waals surface area contributed by atoms with Gasteiger partial charge in [0.15, 0.2) is 5.58 Å². The number of benzene rings is 1. The van der Waals surface area contributed by atoms with Crippen molar-refractivity contribution in [2.45, 2.75) is 45.4 Å². The fourth-order valence-electron chi connectivity index (χ4n) is 3.88. The summed E-state index contributed by atoms with van der Waals surface area (Å²) in [5.74, 6) is -0.410. The van der Waals surface area contributed by atoms with Crippen molar-refractivity contribution in [3.05, 3.63) is 22.2 Å². The van der Waals surface area contributed by atoms with E-state index in [4.69, 9.17) is 18.6 Å². The molecule has 2 atom stereocenters. The smallest absolute Gasteiger partial charge is 0.411 e. The summed E-state index contributed by atoms with van der Waals surface area (Å²) >= 11 is 3.46. The third-order valence-corrected chi connectivity index (χ3v) is 5.68. The van der Waals surface area contributed by atoms with Crippen molar-refractivity contribution in [1.82, 2.24) is 9.88 Å². The van der Waals surface area contributed by atoms with Crippen LogP contribution in [-0.4, -0.2) is 72.5 Å². The van der Waals surface area contributed by atoms with Gasteiger partial charge in [-0.25, -0.2) is 9.59 Å². The molecule has 2 unspecified atom stereocenters. The zero-order valence-corrected chi connectivity index (χ0v) is 19.6. The average molecular weight is 496 g/mol. The van der Waals surface area contributed by atoms with Gasteiger partial charge in [-0.15, -0.1) is 0 Å². The summed E-state index contributed by atoms with van der Waals surface area (Å²) in [7, 11) is 0. The highest BCUT2D eigenvalue weighted by Gasteiger charge is 2.43. The number of carbonyl (C=O) groups is 2. The molecule has 2 bridgehead atoms. The first-order chi connectivity index (χ1) is 14.7. The van der Waals surface area contributed by atoms with Crippen LogP contribution in [0.3, 0.4) is 0 Å². The maximum absolute atomic E-state index is 12.8. The van der Waals surface area contributed by atoms with Gasteiger partial charge in [0.2, 0.25) is 0 Å². The SMILES string of the molecule is CCOC(=O)c1cc(Br)c2oc(N3CC4COCC(C3)N4C(=O)OC(C)(C)C)nc2c1. The number of oxazole rings is 1. The molecule has 2 aliphatic rings. The van der Waals surface area contributed by atoms with Crippen molar-refractivity contribution in [2.24, 2.45) is 0 Å². The van der Waals surface area contributed by atoms with Gasteiger partial charge in [-0.2, -0.15) is 4.98 Å². The molecule has 1 aromatic carbocycles. The zero-order chi connectivity index (χ0) is 22.3. The van der Waals surface area contributed by atoms with Crippen LogP contribution in [0.25, 0.3) is 11.1 Å². The Bertz CT molecular complexity index is 987. The quantitative estimate of drug-likeness (QED) is 0.596. The van der Waals surface area contributed by atoms with E-state index in [2.05, 4.69) is 20.9 Å². The Hall–Kier alpha value is -2.33. The highest BCUT2D eigenvalue weighted by atomic mass is 79.9. The number of halogens is 1. The largest absolute Gasteiger partial charge is 0.462 e. The second-order valence-corrected chi connectivity index (χ2v) is 9.52. The predicted octanol–water partition coefficient (Wildman–Crippen LogP) is 3.59. The van der Waals surface area contributed by atoms with Crippen molar-refractivity contribution in [2.75, 3.05) is 37.8 Å². The maximum Gasteiger partial charge on any atom is 0.411 e. The molecule has 4 rings (SSSR count). The van der Waals surface area contributed by atoms with Gasteiger partial charge in [0.05, 0.1) is 41.9 Å². The Balaban J connectivity index is 1.58. The number of carbonyl (C=O) groups excluding carboxylic acids is 2. The molecule has 2 aromatic rings. The summed E-state index contributed by atoms with van der Waals surface area (Å²) in [6, 6.07) is 3.42. The molecule has 10 heteroatoms. The van der Waals surface area contributed by atoms with Crippen molar-refractivity contribution in [3.63, 3.8) is 0 Å². The lowest BCUT2D eigenvalue weighted by molar-refractivity contribution is -0.0670. The van der Waals surface area contributed by atoms with Crippen LogP contribution in [0.2, 0.25) is 0 Å². The molecular weight excluding hydrogens is 470 g/mol. The van der Waals surface area contributed by atoms with Crippen LogP contribution in [0.15, 0.2) is 21.0 Å². The molecule has 2 saturated heterocycles. The van der Waals surface area contributed by atoms with Gasteiger partial charge in [-0.1, -0.05) is 0 Å². The summed E-state index contributed by atoms with van der Waals surface area (Å²) in [5.41, 5.74) is 0.954. The number of piperazine rings is 1. The van der Waals surface area contributed by atoms with E-state index in [-0.39, 0.29) is 18.2 Å². The minimum absolute atomic E-state index is 0.170. The number of hydrogen-bond acceptors (Lipinski definition) is 8. The van der Waals surface area contributed by atoms with Crippen LogP contribution < -0.4 is 4.90 Å². The highest BCUT2D eigenvalue weighted by Crippen LogP contribution is 2.33. The molecule has 31 heavy (non-hydrogen) atoms. The second kappa shape index (κ2) is 8.31. The first-order valence-electron chi connectivity index (χ1n) is 10.3. The Kier molecular flexibility index (Phi) is 5.87. The number of ether oxygens (including phenoxy) is 3. The first kappa shape index (κ1) is 21.9. The number of morpholine rings is 1. The minimum atomic E-state index is -0.563. The lowest BCUT2D eigenvalue weighted by Gasteiger charge is -2.48. The summed E-state index contributed by atoms with van der Waals surface area (Å²) in [6.45, 7) is 9.47. The van der Waals surface area contributed by atoms with Crippen LogP contribution in [0, 0.1) is 0 Å². The molecule has 1 amide bonds. The monoisotopic (exact) mass is 495 g/mol. The van der Waals surface area contributed by atoms with Gasteiger partial charge in [0, 0.05) is 13.1 Å². The van der Waals surface area contributed by atoms with E-state index >= 15 is 0 Å². The normalized spacial score (nSPS) is 21.3. The summed E-state index contributed by atoms with van der Waals surface area (Å²) in [5, 5.41) is 0. The predicted molar refractivity (Wildman–Crippen MR) is 116 cm³/mol. The average Bonchev–Trinajstić information content (AvgIpc) is 3.10. The third-order valence-electron chi connectivity index (χ3n) is 5.09. The Labute approximate surface area is 188 Å². The highest BCUT2D eigenvalue weighted by molar-refractivity contribution is 9.10. The molecular formula is C21H26BrN3O6. The number of hydrogen-bond donors (Lipinski definition) is 0. The number of aromatic nitrogens is 1. The number of amides is 1. The minimum Gasteiger partial charge on any atom is -0.462 e. The second-order valence-electron chi connectivity index (χ2n) is 8.66. The van der Waals surface area contributed by atoms with E-state index in [9.17, 15) is 9.59 Å². The molecule has 3 heterocycles. The van der Waals surface area contributed by atoms with Gasteiger partial charge < -0.3 is 23.5 Å². The Morgan fingerprint density at radius 2 is 1.90 bits per heavy atom. The Morgan fingerprint density at radius 1 is 1.23 bits per heavy atom. The molecule has 0 N–H and O–H groups in total. The molecule has 9 nitrogen and oxygen atoms in total. The van der Waals surface area contributed by atoms with E-state index in [1.807, 2.05) is 25.7 Å². The molecule has 0 spiro atoms. The van der Waals surface area contributed by atoms with Crippen LogP contribution in [0.5, 0.6) is 0 Å². The van der Waals surface area contributed by atoms with E-state index in [1.165, 1.54) is 0 Å². The van der Waals surface area contributed by atoms with Crippen molar-refractivity contribution in [3.8, 4) is 0 Å². The van der Waals surface area contributed by atoms with Gasteiger partial charge in [-0.05, 0) is 55.8 Å². The van der Waals surface area contributed by atoms with E-state index in [0.717, 1.165) is 0 Å². The Morgan fingerprint density at radius 3 is 2.52 bits per heavy atom. The number of esters is 1. The lowest BCUT2D eigenvalue weighted by Crippen LogP contribution is -2.66. The third kappa shape index (κ3) is 4.50. The number of anilines is 1. The molecule has 2 aliphatic heterocycles. The lowest BCUT2D eigenvalue weighted by atomic mass is 10.1. The maximum atomic E-state index is 12.8. The molecule has 168 valence electrons. The van der Waals surface area contributed by atoms with Gasteiger partial charge in [0.1, 0.15) is 11.1 Å². The molecule has 0 saturated carbocycles.